The normalized spacial score (nSPS) is 11.1. The summed E-state index contributed by atoms with van der Waals surface area (Å²) in [6, 6.07) is 5.75. The van der Waals surface area contributed by atoms with E-state index in [1.54, 1.807) is 11.8 Å². The van der Waals surface area contributed by atoms with Crippen LogP contribution >= 0.6 is 27.5 Å². The van der Waals surface area contributed by atoms with Gasteiger partial charge in [-0.05, 0) is 32.0 Å². The molecule has 21 heavy (non-hydrogen) atoms. The molecule has 0 spiro atoms. The number of hydrogen-bond donors (Lipinski definition) is 0. The molecule has 3 aromatic rings. The lowest BCUT2D eigenvalue weighted by atomic mass is 10.2. The molecule has 0 aliphatic rings. The Morgan fingerprint density at radius 1 is 1.24 bits per heavy atom. The van der Waals surface area contributed by atoms with Gasteiger partial charge in [-0.2, -0.15) is 10.2 Å². The number of methoxy groups -OCH3 is 1. The molecule has 2 aromatic heterocycles. The van der Waals surface area contributed by atoms with Gasteiger partial charge in [-0.25, -0.2) is 4.68 Å². The first-order chi connectivity index (χ1) is 10.0. The zero-order valence-electron chi connectivity index (χ0n) is 11.7. The van der Waals surface area contributed by atoms with Crippen LogP contribution in [-0.2, 0) is 0 Å². The molecule has 0 radical (unpaired) electrons. The van der Waals surface area contributed by atoms with Crippen LogP contribution in [-0.4, -0.2) is 27.1 Å². The van der Waals surface area contributed by atoms with Crippen molar-refractivity contribution in [2.75, 3.05) is 7.11 Å². The van der Waals surface area contributed by atoms with Gasteiger partial charge in [-0.15, -0.1) is 5.10 Å². The van der Waals surface area contributed by atoms with Crippen molar-refractivity contribution in [3.05, 3.63) is 39.2 Å². The molecule has 5 nitrogen and oxygen atoms in total. The molecule has 0 amide bonds. The van der Waals surface area contributed by atoms with Gasteiger partial charge in [0.25, 0.3) is 0 Å². The highest BCUT2D eigenvalue weighted by Gasteiger charge is 2.18. The number of halogens is 2. The van der Waals surface area contributed by atoms with Crippen LogP contribution < -0.4 is 4.74 Å². The van der Waals surface area contributed by atoms with Crippen LogP contribution in [0, 0.1) is 13.8 Å². The lowest BCUT2D eigenvalue weighted by Gasteiger charge is -2.10. The van der Waals surface area contributed by atoms with E-state index in [4.69, 9.17) is 16.3 Å². The van der Waals surface area contributed by atoms with Crippen molar-refractivity contribution in [3.63, 3.8) is 0 Å². The number of hydrogen-bond acceptors (Lipinski definition) is 4. The summed E-state index contributed by atoms with van der Waals surface area (Å²) in [6.07, 6.45) is 0. The standard InChI is InChI=1S/C14H12BrClN4O/c1-7-12-8(2)20(19-13(12)14(16)18-17-7)10-6-9(15)4-5-11(10)21-3/h4-6H,1-3H3. The van der Waals surface area contributed by atoms with Crippen molar-refractivity contribution in [1.29, 1.82) is 0 Å². The quantitative estimate of drug-likeness (QED) is 0.690. The Labute approximate surface area is 135 Å². The summed E-state index contributed by atoms with van der Waals surface area (Å²) in [5, 5.41) is 13.8. The molecule has 0 aliphatic heterocycles. The fraction of sp³-hybridized carbons (Fsp3) is 0.214. The fourth-order valence-corrected chi connectivity index (χ4v) is 2.88. The minimum absolute atomic E-state index is 0.298. The average molecular weight is 368 g/mol. The molecule has 0 fully saturated rings. The van der Waals surface area contributed by atoms with E-state index in [1.807, 2.05) is 32.0 Å². The summed E-state index contributed by atoms with van der Waals surface area (Å²) in [4.78, 5) is 0. The van der Waals surface area contributed by atoms with Gasteiger partial charge in [0.05, 0.1) is 18.5 Å². The van der Waals surface area contributed by atoms with E-state index >= 15 is 0 Å². The summed E-state index contributed by atoms with van der Waals surface area (Å²) in [6.45, 7) is 3.86. The molecule has 3 rings (SSSR count). The van der Waals surface area contributed by atoms with Gasteiger partial charge in [-0.1, -0.05) is 27.5 Å². The molecule has 0 unspecified atom stereocenters. The van der Waals surface area contributed by atoms with Crippen molar-refractivity contribution in [2.45, 2.75) is 13.8 Å². The predicted octanol–water partition coefficient (Wildman–Crippen LogP) is 3.86. The van der Waals surface area contributed by atoms with Crippen molar-refractivity contribution in [2.24, 2.45) is 0 Å². The van der Waals surface area contributed by atoms with Crippen LogP contribution in [0.3, 0.4) is 0 Å². The summed E-state index contributed by atoms with van der Waals surface area (Å²) >= 11 is 9.59. The smallest absolute Gasteiger partial charge is 0.179 e. The SMILES string of the molecule is COc1ccc(Br)cc1-n1nc2c(Cl)nnc(C)c2c1C. The van der Waals surface area contributed by atoms with Crippen LogP contribution in [0.15, 0.2) is 22.7 Å². The molecular formula is C14H12BrClN4O. The predicted molar refractivity (Wildman–Crippen MR) is 85.4 cm³/mol. The Kier molecular flexibility index (Phi) is 3.59. The second-order valence-corrected chi connectivity index (χ2v) is 5.89. The molecule has 2 heterocycles. The second-order valence-electron chi connectivity index (χ2n) is 4.61. The number of nitrogens with zero attached hydrogens (tertiary/aromatic N) is 4. The molecule has 7 heteroatoms. The van der Waals surface area contributed by atoms with E-state index in [9.17, 15) is 0 Å². The molecule has 1 aromatic carbocycles. The molecule has 0 saturated heterocycles. The molecule has 0 aliphatic carbocycles. The van der Waals surface area contributed by atoms with E-state index in [2.05, 4.69) is 31.2 Å². The van der Waals surface area contributed by atoms with Gasteiger partial charge in [0.1, 0.15) is 17.0 Å². The first-order valence-corrected chi connectivity index (χ1v) is 7.42. The van der Waals surface area contributed by atoms with Crippen LogP contribution in [0.5, 0.6) is 5.75 Å². The maximum Gasteiger partial charge on any atom is 0.179 e. The Morgan fingerprint density at radius 2 is 2.00 bits per heavy atom. The molecule has 0 atom stereocenters. The minimum atomic E-state index is 0.298. The van der Waals surface area contributed by atoms with Crippen molar-refractivity contribution in [3.8, 4) is 11.4 Å². The van der Waals surface area contributed by atoms with E-state index in [0.29, 0.717) is 10.7 Å². The van der Waals surface area contributed by atoms with E-state index in [0.717, 1.165) is 32.7 Å². The van der Waals surface area contributed by atoms with Gasteiger partial charge in [-0.3, -0.25) is 0 Å². The highest BCUT2D eigenvalue weighted by atomic mass is 79.9. The van der Waals surface area contributed by atoms with Crippen LogP contribution in [0.1, 0.15) is 11.4 Å². The summed E-state index contributed by atoms with van der Waals surface area (Å²) in [5.41, 5.74) is 3.21. The number of aryl methyl sites for hydroxylation is 2. The Balaban J connectivity index is 2.37. The van der Waals surface area contributed by atoms with E-state index < -0.39 is 0 Å². The first kappa shape index (κ1) is 14.3. The van der Waals surface area contributed by atoms with Crippen molar-refractivity contribution in [1.82, 2.24) is 20.0 Å². The second kappa shape index (κ2) is 5.27. The zero-order valence-corrected chi connectivity index (χ0v) is 14.0. The van der Waals surface area contributed by atoms with Gasteiger partial charge >= 0.3 is 0 Å². The Hall–Kier alpha value is -1.66. The fourth-order valence-electron chi connectivity index (χ4n) is 2.36. The maximum absolute atomic E-state index is 6.12. The Morgan fingerprint density at radius 3 is 2.67 bits per heavy atom. The van der Waals surface area contributed by atoms with Crippen LogP contribution in [0.25, 0.3) is 16.6 Å². The molecule has 0 N–H and O–H groups in total. The van der Waals surface area contributed by atoms with Crippen molar-refractivity contribution < 1.29 is 4.74 Å². The topological polar surface area (TPSA) is 52.8 Å². The molecule has 0 bridgehead atoms. The summed E-state index contributed by atoms with van der Waals surface area (Å²) < 4.78 is 8.16. The highest BCUT2D eigenvalue weighted by Crippen LogP contribution is 2.31. The first-order valence-electron chi connectivity index (χ1n) is 6.25. The third-order valence-corrected chi connectivity index (χ3v) is 4.08. The van der Waals surface area contributed by atoms with Gasteiger partial charge in [0, 0.05) is 9.86 Å². The Bertz CT molecular complexity index is 847. The summed E-state index contributed by atoms with van der Waals surface area (Å²) in [5.74, 6) is 0.726. The largest absolute Gasteiger partial charge is 0.494 e. The summed E-state index contributed by atoms with van der Waals surface area (Å²) in [7, 11) is 1.63. The van der Waals surface area contributed by atoms with E-state index in [-0.39, 0.29) is 0 Å². The van der Waals surface area contributed by atoms with Gasteiger partial charge in [0.2, 0.25) is 0 Å². The lowest BCUT2D eigenvalue weighted by Crippen LogP contribution is -2.01. The van der Waals surface area contributed by atoms with E-state index in [1.165, 1.54) is 0 Å². The maximum atomic E-state index is 6.12. The van der Waals surface area contributed by atoms with Crippen LogP contribution in [0.4, 0.5) is 0 Å². The highest BCUT2D eigenvalue weighted by molar-refractivity contribution is 9.10. The molecule has 0 saturated carbocycles. The average Bonchev–Trinajstić information content (AvgIpc) is 2.82. The zero-order chi connectivity index (χ0) is 15.1. The van der Waals surface area contributed by atoms with Gasteiger partial charge < -0.3 is 4.74 Å². The monoisotopic (exact) mass is 366 g/mol. The lowest BCUT2D eigenvalue weighted by molar-refractivity contribution is 0.411. The molecule has 108 valence electrons. The minimum Gasteiger partial charge on any atom is -0.494 e. The number of rotatable bonds is 2. The third kappa shape index (κ3) is 2.28. The number of ether oxygens (including phenoxy) is 1. The number of benzene rings is 1. The molecular weight excluding hydrogens is 356 g/mol. The number of fused-ring (bicyclic) bond motifs is 1. The number of aromatic nitrogens is 4. The van der Waals surface area contributed by atoms with Crippen LogP contribution in [0.2, 0.25) is 5.15 Å². The van der Waals surface area contributed by atoms with Gasteiger partial charge in [0.15, 0.2) is 5.15 Å². The van der Waals surface area contributed by atoms with Crippen molar-refractivity contribution >= 4 is 38.4 Å². The third-order valence-electron chi connectivity index (χ3n) is 3.33.